The smallest absolute Gasteiger partial charge is 0.236 e. The number of nitrogens with one attached hydrogen (secondary N) is 1. The molecule has 0 aromatic rings. The van der Waals surface area contributed by atoms with Gasteiger partial charge in [0.1, 0.15) is 0 Å². The van der Waals surface area contributed by atoms with Crippen LogP contribution in [0.1, 0.15) is 26.7 Å². The SMILES string of the molecule is CCC(C)NCC(=O)N(C)C1CCOC1. The van der Waals surface area contributed by atoms with Gasteiger partial charge in [0, 0.05) is 19.7 Å². The molecular formula is C11H22N2O2. The van der Waals surface area contributed by atoms with Crippen molar-refractivity contribution in [2.75, 3.05) is 26.8 Å². The molecule has 1 fully saturated rings. The van der Waals surface area contributed by atoms with Gasteiger partial charge in [0.2, 0.25) is 5.91 Å². The fourth-order valence-electron chi connectivity index (χ4n) is 1.56. The van der Waals surface area contributed by atoms with E-state index in [0.29, 0.717) is 19.2 Å². The van der Waals surface area contributed by atoms with Crippen LogP contribution in [0.15, 0.2) is 0 Å². The summed E-state index contributed by atoms with van der Waals surface area (Å²) in [7, 11) is 1.86. The van der Waals surface area contributed by atoms with Gasteiger partial charge in [-0.15, -0.1) is 0 Å². The minimum atomic E-state index is 0.158. The van der Waals surface area contributed by atoms with Crippen LogP contribution in [-0.2, 0) is 9.53 Å². The lowest BCUT2D eigenvalue weighted by Crippen LogP contribution is -2.43. The second-order valence-electron chi connectivity index (χ2n) is 4.21. The molecule has 4 heteroatoms. The van der Waals surface area contributed by atoms with Crippen molar-refractivity contribution in [3.8, 4) is 0 Å². The minimum absolute atomic E-state index is 0.158. The van der Waals surface area contributed by atoms with Crippen molar-refractivity contribution < 1.29 is 9.53 Å². The van der Waals surface area contributed by atoms with Crippen LogP contribution in [0.4, 0.5) is 0 Å². The molecule has 1 saturated heterocycles. The fraction of sp³-hybridized carbons (Fsp3) is 0.909. The first-order chi connectivity index (χ1) is 7.15. The second kappa shape index (κ2) is 6.08. The van der Waals surface area contributed by atoms with Gasteiger partial charge in [-0.2, -0.15) is 0 Å². The highest BCUT2D eigenvalue weighted by Crippen LogP contribution is 2.10. The molecule has 2 unspecified atom stereocenters. The van der Waals surface area contributed by atoms with Crippen LogP contribution in [-0.4, -0.2) is 49.7 Å². The third-order valence-corrected chi connectivity index (χ3v) is 3.06. The number of carbonyl (C=O) groups is 1. The number of carbonyl (C=O) groups excluding carboxylic acids is 1. The van der Waals surface area contributed by atoms with Crippen LogP contribution in [0, 0.1) is 0 Å². The molecule has 15 heavy (non-hydrogen) atoms. The predicted molar refractivity (Wildman–Crippen MR) is 59.7 cm³/mol. The zero-order valence-electron chi connectivity index (χ0n) is 9.95. The summed E-state index contributed by atoms with van der Waals surface area (Å²) < 4.78 is 5.26. The molecule has 2 atom stereocenters. The van der Waals surface area contributed by atoms with Gasteiger partial charge in [-0.05, 0) is 19.8 Å². The first kappa shape index (κ1) is 12.5. The molecule has 1 rings (SSSR count). The summed E-state index contributed by atoms with van der Waals surface area (Å²) in [6.45, 7) is 6.09. The van der Waals surface area contributed by atoms with E-state index in [2.05, 4.69) is 19.2 Å². The van der Waals surface area contributed by atoms with E-state index >= 15 is 0 Å². The van der Waals surface area contributed by atoms with E-state index < -0.39 is 0 Å². The Bertz CT molecular complexity index is 203. The molecule has 1 N–H and O–H groups in total. The Morgan fingerprint density at radius 1 is 1.67 bits per heavy atom. The van der Waals surface area contributed by atoms with Crippen molar-refractivity contribution in [3.05, 3.63) is 0 Å². The van der Waals surface area contributed by atoms with E-state index in [1.165, 1.54) is 0 Å². The number of rotatable bonds is 5. The molecule has 0 spiro atoms. The first-order valence-corrected chi connectivity index (χ1v) is 5.72. The highest BCUT2D eigenvalue weighted by atomic mass is 16.5. The molecule has 1 aliphatic heterocycles. The molecule has 88 valence electrons. The minimum Gasteiger partial charge on any atom is -0.379 e. The summed E-state index contributed by atoms with van der Waals surface area (Å²) in [6.07, 6.45) is 2.01. The molecule has 0 aliphatic carbocycles. The molecule has 1 heterocycles. The number of ether oxygens (including phenoxy) is 1. The molecule has 0 aromatic carbocycles. The maximum atomic E-state index is 11.8. The van der Waals surface area contributed by atoms with Gasteiger partial charge in [0.15, 0.2) is 0 Å². The van der Waals surface area contributed by atoms with Gasteiger partial charge in [-0.3, -0.25) is 4.79 Å². The van der Waals surface area contributed by atoms with E-state index in [1.54, 1.807) is 0 Å². The molecule has 4 nitrogen and oxygen atoms in total. The van der Waals surface area contributed by atoms with Crippen molar-refractivity contribution >= 4 is 5.91 Å². The lowest BCUT2D eigenvalue weighted by molar-refractivity contribution is -0.131. The van der Waals surface area contributed by atoms with Crippen molar-refractivity contribution in [3.63, 3.8) is 0 Å². The third kappa shape index (κ3) is 3.80. The van der Waals surface area contributed by atoms with Gasteiger partial charge in [-0.1, -0.05) is 6.92 Å². The average molecular weight is 214 g/mol. The summed E-state index contributed by atoms with van der Waals surface area (Å²) >= 11 is 0. The highest BCUT2D eigenvalue weighted by molar-refractivity contribution is 5.78. The molecule has 0 saturated carbocycles. The Morgan fingerprint density at radius 3 is 2.93 bits per heavy atom. The van der Waals surface area contributed by atoms with Gasteiger partial charge in [0.05, 0.1) is 19.2 Å². The van der Waals surface area contributed by atoms with Gasteiger partial charge >= 0.3 is 0 Å². The standard InChI is InChI=1S/C11H22N2O2/c1-4-9(2)12-7-11(14)13(3)10-5-6-15-8-10/h9-10,12H,4-8H2,1-3H3. The molecule has 0 bridgehead atoms. The summed E-state index contributed by atoms with van der Waals surface area (Å²) in [5.74, 6) is 0.158. The third-order valence-electron chi connectivity index (χ3n) is 3.06. The Hall–Kier alpha value is -0.610. The van der Waals surface area contributed by atoms with Gasteiger partial charge in [-0.25, -0.2) is 0 Å². The van der Waals surface area contributed by atoms with Crippen molar-refractivity contribution in [1.82, 2.24) is 10.2 Å². The summed E-state index contributed by atoms with van der Waals surface area (Å²) in [6, 6.07) is 0.679. The molecule has 1 amide bonds. The van der Waals surface area contributed by atoms with Crippen LogP contribution >= 0.6 is 0 Å². The lowest BCUT2D eigenvalue weighted by atomic mass is 10.2. The molecular weight excluding hydrogens is 192 g/mol. The topological polar surface area (TPSA) is 41.6 Å². The highest BCUT2D eigenvalue weighted by Gasteiger charge is 2.23. The molecule has 1 aliphatic rings. The molecule has 0 aromatic heterocycles. The number of amides is 1. The zero-order valence-corrected chi connectivity index (χ0v) is 9.95. The van der Waals surface area contributed by atoms with Crippen LogP contribution in [0.2, 0.25) is 0 Å². The van der Waals surface area contributed by atoms with E-state index in [4.69, 9.17) is 4.74 Å². The Kier molecular flexibility index (Phi) is 5.05. The van der Waals surface area contributed by atoms with Crippen molar-refractivity contribution in [1.29, 1.82) is 0 Å². The van der Waals surface area contributed by atoms with Crippen molar-refractivity contribution in [2.45, 2.75) is 38.8 Å². The van der Waals surface area contributed by atoms with Crippen molar-refractivity contribution in [2.24, 2.45) is 0 Å². The quantitative estimate of drug-likeness (QED) is 0.729. The molecule has 0 radical (unpaired) electrons. The maximum absolute atomic E-state index is 11.8. The number of hydrogen-bond acceptors (Lipinski definition) is 3. The Labute approximate surface area is 92.0 Å². The maximum Gasteiger partial charge on any atom is 0.236 e. The van der Waals surface area contributed by atoms with E-state index in [9.17, 15) is 4.79 Å². The van der Waals surface area contributed by atoms with Crippen LogP contribution in [0.5, 0.6) is 0 Å². The first-order valence-electron chi connectivity index (χ1n) is 5.72. The van der Waals surface area contributed by atoms with Gasteiger partial charge in [0.25, 0.3) is 0 Å². The van der Waals surface area contributed by atoms with Crippen LogP contribution in [0.25, 0.3) is 0 Å². The average Bonchev–Trinajstić information content (AvgIpc) is 2.77. The lowest BCUT2D eigenvalue weighted by Gasteiger charge is -2.24. The summed E-state index contributed by atoms with van der Waals surface area (Å²) in [5.41, 5.74) is 0. The van der Waals surface area contributed by atoms with Crippen LogP contribution in [0.3, 0.4) is 0 Å². The Morgan fingerprint density at radius 2 is 2.40 bits per heavy atom. The summed E-state index contributed by atoms with van der Waals surface area (Å²) in [5, 5.41) is 3.20. The van der Waals surface area contributed by atoms with Crippen LogP contribution < -0.4 is 5.32 Å². The number of hydrogen-bond donors (Lipinski definition) is 1. The predicted octanol–water partition coefficient (Wildman–Crippen LogP) is 0.622. The second-order valence-corrected chi connectivity index (χ2v) is 4.21. The summed E-state index contributed by atoms with van der Waals surface area (Å²) in [4.78, 5) is 13.6. The monoisotopic (exact) mass is 214 g/mol. The number of likely N-dealkylation sites (N-methyl/N-ethyl adjacent to an activating group) is 1. The van der Waals surface area contributed by atoms with E-state index in [0.717, 1.165) is 19.4 Å². The van der Waals surface area contributed by atoms with E-state index in [1.807, 2.05) is 11.9 Å². The largest absolute Gasteiger partial charge is 0.379 e. The Balaban J connectivity index is 2.26. The van der Waals surface area contributed by atoms with Gasteiger partial charge < -0.3 is 15.0 Å². The normalized spacial score (nSPS) is 22.7. The fourth-order valence-corrected chi connectivity index (χ4v) is 1.56. The number of nitrogens with zero attached hydrogens (tertiary/aromatic N) is 1. The van der Waals surface area contributed by atoms with E-state index in [-0.39, 0.29) is 11.9 Å². The zero-order chi connectivity index (χ0) is 11.3.